The minimum atomic E-state index is 0.297. The van der Waals surface area contributed by atoms with Crippen LogP contribution in [0.2, 0.25) is 0 Å². The molecule has 1 heterocycles. The van der Waals surface area contributed by atoms with Crippen LogP contribution in [0.15, 0.2) is 66.7 Å². The summed E-state index contributed by atoms with van der Waals surface area (Å²) < 4.78 is 2.28. The van der Waals surface area contributed by atoms with E-state index >= 15 is 0 Å². The van der Waals surface area contributed by atoms with Gasteiger partial charge in [-0.2, -0.15) is 5.10 Å². The van der Waals surface area contributed by atoms with Crippen molar-refractivity contribution in [2.75, 3.05) is 0 Å². The van der Waals surface area contributed by atoms with Crippen molar-refractivity contribution in [3.05, 3.63) is 72.3 Å². The smallest absolute Gasteiger partial charge is 0.115 e. The van der Waals surface area contributed by atoms with E-state index in [9.17, 15) is 5.11 Å². The van der Waals surface area contributed by atoms with E-state index in [1.54, 1.807) is 6.07 Å². The van der Waals surface area contributed by atoms with Gasteiger partial charge in [-0.15, -0.1) is 0 Å². The molecule has 0 bridgehead atoms. The van der Waals surface area contributed by atoms with Crippen LogP contribution in [0.1, 0.15) is 37.3 Å². The predicted octanol–water partition coefficient (Wildman–Crippen LogP) is 6.50. The fourth-order valence-electron chi connectivity index (χ4n) is 4.57. The second-order valence-corrected chi connectivity index (χ2v) is 7.80. The van der Waals surface area contributed by atoms with E-state index in [1.807, 2.05) is 19.1 Å². The first-order valence-electron chi connectivity index (χ1n) is 10.1. The fourth-order valence-corrected chi connectivity index (χ4v) is 4.57. The minimum absolute atomic E-state index is 0.297. The van der Waals surface area contributed by atoms with Gasteiger partial charge in [0.15, 0.2) is 0 Å². The molecule has 0 aliphatic heterocycles. The number of aromatic hydroxyl groups is 1. The van der Waals surface area contributed by atoms with E-state index in [-0.39, 0.29) is 0 Å². The van der Waals surface area contributed by atoms with Crippen molar-refractivity contribution in [1.82, 2.24) is 9.78 Å². The zero-order valence-electron chi connectivity index (χ0n) is 16.1. The number of hydrogen-bond donors (Lipinski definition) is 1. The van der Waals surface area contributed by atoms with E-state index in [0.29, 0.717) is 11.8 Å². The molecule has 1 aliphatic carbocycles. The lowest BCUT2D eigenvalue weighted by Crippen LogP contribution is -2.07. The molecule has 1 N–H and O–H groups in total. The number of rotatable bonds is 3. The van der Waals surface area contributed by atoms with E-state index in [2.05, 4.69) is 53.2 Å². The highest BCUT2D eigenvalue weighted by Gasteiger charge is 2.24. The van der Waals surface area contributed by atoms with Crippen molar-refractivity contribution in [2.24, 2.45) is 0 Å². The molecule has 1 aliphatic rings. The number of nitrogens with zero attached hydrogens (tertiary/aromatic N) is 2. The van der Waals surface area contributed by atoms with Crippen LogP contribution in [0.4, 0.5) is 0 Å². The molecular formula is C25H24N2O. The van der Waals surface area contributed by atoms with Gasteiger partial charge in [0.2, 0.25) is 0 Å². The maximum atomic E-state index is 9.84. The van der Waals surface area contributed by atoms with Crippen LogP contribution in [0, 0.1) is 6.92 Å². The second kappa shape index (κ2) is 6.83. The molecule has 1 saturated carbocycles. The second-order valence-electron chi connectivity index (χ2n) is 7.80. The van der Waals surface area contributed by atoms with Crippen molar-refractivity contribution in [2.45, 2.75) is 38.6 Å². The Balaban J connectivity index is 1.81. The Hall–Kier alpha value is -3.07. The summed E-state index contributed by atoms with van der Waals surface area (Å²) >= 11 is 0. The summed E-state index contributed by atoms with van der Waals surface area (Å²) in [5.74, 6) is 0.297. The molecule has 5 rings (SSSR count). The zero-order chi connectivity index (χ0) is 19.1. The van der Waals surface area contributed by atoms with E-state index in [0.717, 1.165) is 16.8 Å². The molecule has 28 heavy (non-hydrogen) atoms. The van der Waals surface area contributed by atoms with Crippen molar-refractivity contribution >= 4 is 10.9 Å². The molecule has 0 radical (unpaired) electrons. The lowest BCUT2D eigenvalue weighted by atomic mass is 9.98. The lowest BCUT2D eigenvalue weighted by molar-refractivity contribution is 0.475. The van der Waals surface area contributed by atoms with Gasteiger partial charge in [0.05, 0.1) is 11.6 Å². The number of aryl methyl sites for hydroxylation is 1. The highest BCUT2D eigenvalue weighted by atomic mass is 16.3. The maximum absolute atomic E-state index is 9.84. The molecule has 0 unspecified atom stereocenters. The van der Waals surface area contributed by atoms with Crippen molar-refractivity contribution < 1.29 is 5.11 Å². The molecular weight excluding hydrogens is 344 g/mol. The van der Waals surface area contributed by atoms with Gasteiger partial charge in [0.25, 0.3) is 0 Å². The van der Waals surface area contributed by atoms with Gasteiger partial charge < -0.3 is 5.11 Å². The van der Waals surface area contributed by atoms with Gasteiger partial charge in [0.1, 0.15) is 11.4 Å². The Morgan fingerprint density at radius 1 is 0.893 bits per heavy atom. The molecule has 0 spiro atoms. The molecule has 3 nitrogen and oxygen atoms in total. The van der Waals surface area contributed by atoms with E-state index < -0.39 is 0 Å². The topological polar surface area (TPSA) is 38.1 Å². The molecule has 3 aromatic carbocycles. The first kappa shape index (κ1) is 17.1. The third-order valence-corrected chi connectivity index (χ3v) is 5.95. The van der Waals surface area contributed by atoms with Crippen LogP contribution < -0.4 is 0 Å². The predicted molar refractivity (Wildman–Crippen MR) is 115 cm³/mol. The van der Waals surface area contributed by atoms with Crippen LogP contribution in [-0.2, 0) is 0 Å². The molecule has 0 saturated heterocycles. The number of hydrogen-bond acceptors (Lipinski definition) is 2. The molecule has 1 fully saturated rings. The largest absolute Gasteiger partial charge is 0.508 e. The van der Waals surface area contributed by atoms with Crippen LogP contribution in [0.3, 0.4) is 0 Å². The summed E-state index contributed by atoms with van der Waals surface area (Å²) in [5, 5.41) is 16.2. The molecule has 0 amide bonds. The summed E-state index contributed by atoms with van der Waals surface area (Å²) in [5.41, 5.74) is 6.83. The average Bonchev–Trinajstić information content (AvgIpc) is 3.36. The summed E-state index contributed by atoms with van der Waals surface area (Å²) in [4.78, 5) is 0. The molecule has 4 aromatic rings. The number of phenolic OH excluding ortho intramolecular Hbond substituents is 1. The Morgan fingerprint density at radius 3 is 2.43 bits per heavy atom. The fraction of sp³-hybridized carbons (Fsp3) is 0.240. The number of fused-ring (bicyclic) bond motifs is 1. The monoisotopic (exact) mass is 368 g/mol. The van der Waals surface area contributed by atoms with Crippen LogP contribution >= 0.6 is 0 Å². The van der Waals surface area contributed by atoms with Crippen molar-refractivity contribution in [3.63, 3.8) is 0 Å². The Bertz CT molecular complexity index is 1140. The van der Waals surface area contributed by atoms with Gasteiger partial charge in [-0.1, -0.05) is 61.4 Å². The lowest BCUT2D eigenvalue weighted by Gasteiger charge is -2.14. The van der Waals surface area contributed by atoms with Crippen LogP contribution in [-0.4, -0.2) is 14.9 Å². The van der Waals surface area contributed by atoms with Crippen LogP contribution in [0.25, 0.3) is 33.3 Å². The summed E-state index contributed by atoms with van der Waals surface area (Å²) in [7, 11) is 0. The first-order valence-corrected chi connectivity index (χ1v) is 10.1. The van der Waals surface area contributed by atoms with Gasteiger partial charge in [0, 0.05) is 16.5 Å². The maximum Gasteiger partial charge on any atom is 0.115 e. The summed E-state index contributed by atoms with van der Waals surface area (Å²) in [6, 6.07) is 23.1. The number of aromatic nitrogens is 2. The van der Waals surface area contributed by atoms with E-state index in [1.165, 1.54) is 47.7 Å². The normalized spacial score (nSPS) is 14.8. The third kappa shape index (κ3) is 2.78. The molecule has 0 atom stereocenters. The Labute approximate surface area is 165 Å². The first-order chi connectivity index (χ1) is 13.7. The minimum Gasteiger partial charge on any atom is -0.508 e. The van der Waals surface area contributed by atoms with Gasteiger partial charge in [-0.3, -0.25) is 4.68 Å². The van der Waals surface area contributed by atoms with Crippen molar-refractivity contribution in [1.29, 1.82) is 0 Å². The van der Waals surface area contributed by atoms with E-state index in [4.69, 9.17) is 5.10 Å². The number of benzene rings is 3. The average molecular weight is 368 g/mol. The van der Waals surface area contributed by atoms with Gasteiger partial charge in [-0.05, 0) is 49.1 Å². The Kier molecular flexibility index (Phi) is 4.16. The van der Waals surface area contributed by atoms with Crippen LogP contribution in [0.5, 0.6) is 5.75 Å². The highest BCUT2D eigenvalue weighted by Crippen LogP contribution is 2.40. The zero-order valence-corrected chi connectivity index (χ0v) is 16.1. The Morgan fingerprint density at radius 2 is 1.68 bits per heavy atom. The van der Waals surface area contributed by atoms with Crippen molar-refractivity contribution in [3.8, 4) is 28.1 Å². The summed E-state index contributed by atoms with van der Waals surface area (Å²) in [6.45, 7) is 2.04. The number of para-hydroxylation sites is 1. The molecule has 140 valence electrons. The summed E-state index contributed by atoms with van der Waals surface area (Å²) in [6.07, 6.45) is 4.92. The molecule has 3 heteroatoms. The quantitative estimate of drug-likeness (QED) is 0.448. The third-order valence-electron chi connectivity index (χ3n) is 5.95. The highest BCUT2D eigenvalue weighted by molar-refractivity contribution is 6.02. The van der Waals surface area contributed by atoms with Gasteiger partial charge >= 0.3 is 0 Å². The van der Waals surface area contributed by atoms with Gasteiger partial charge in [-0.25, -0.2) is 0 Å². The number of phenols is 1. The standard InChI is InChI=1S/C25H24N2O/c1-17-16-20(28)14-15-21(17)24-23-13-7-12-22(18-8-3-2-4-9-18)25(23)27(26-24)19-10-5-6-11-19/h2-4,7-9,12-16,19,28H,5-6,10-11H2,1H3. The molecule has 1 aromatic heterocycles. The SMILES string of the molecule is Cc1cc(O)ccc1-c1nn(C2CCCC2)c2c(-c3ccccc3)cccc12.